The van der Waals surface area contributed by atoms with Gasteiger partial charge in [-0.3, -0.25) is 14.4 Å². The molecule has 2 aromatic rings. The van der Waals surface area contributed by atoms with E-state index in [2.05, 4.69) is 30.2 Å². The van der Waals surface area contributed by atoms with E-state index in [0.717, 1.165) is 55.9 Å². The normalized spacial score (nSPS) is 20.3. The molecule has 1 saturated carbocycles. The summed E-state index contributed by atoms with van der Waals surface area (Å²) in [6.07, 6.45) is 5.67. The monoisotopic (exact) mass is 329 g/mol. The molecule has 0 unspecified atom stereocenters. The van der Waals surface area contributed by atoms with E-state index < -0.39 is 0 Å². The molecule has 8 nitrogen and oxygen atoms in total. The van der Waals surface area contributed by atoms with Crippen LogP contribution in [0.1, 0.15) is 19.8 Å². The van der Waals surface area contributed by atoms with Crippen LogP contribution in [0.4, 0.5) is 5.82 Å². The summed E-state index contributed by atoms with van der Waals surface area (Å²) in [6, 6.07) is 0.345. The predicted octanol–water partition coefficient (Wildman–Crippen LogP) is 0.152. The lowest BCUT2D eigenvalue weighted by molar-refractivity contribution is -0.126. The van der Waals surface area contributed by atoms with Crippen LogP contribution in [0.15, 0.2) is 12.5 Å². The molecule has 0 bridgehead atoms. The van der Waals surface area contributed by atoms with Gasteiger partial charge in [0.1, 0.15) is 12.1 Å². The highest BCUT2D eigenvalue weighted by molar-refractivity contribution is 5.86. The Bertz CT molecular complexity index is 746. The number of anilines is 1. The number of hydrogen-bond acceptors (Lipinski definition) is 6. The molecule has 2 aliphatic rings. The van der Waals surface area contributed by atoms with E-state index in [1.54, 1.807) is 11.0 Å². The smallest absolute Gasteiger partial charge is 0.237 e. The van der Waals surface area contributed by atoms with Gasteiger partial charge in [-0.25, -0.2) is 9.97 Å². The van der Waals surface area contributed by atoms with E-state index in [0.29, 0.717) is 6.04 Å². The molecule has 8 heteroatoms. The molecular weight excluding hydrogens is 306 g/mol. The van der Waals surface area contributed by atoms with Crippen molar-refractivity contribution in [1.82, 2.24) is 30.0 Å². The van der Waals surface area contributed by atoms with Crippen LogP contribution in [-0.4, -0.2) is 68.8 Å². The Hall–Kier alpha value is -2.22. The van der Waals surface area contributed by atoms with Crippen LogP contribution in [0.5, 0.6) is 0 Å². The second kappa shape index (κ2) is 6.01. The number of hydrogen-bond donors (Lipinski definition) is 1. The molecule has 0 spiro atoms. The summed E-state index contributed by atoms with van der Waals surface area (Å²) in [5.74, 6) is 1.09. The lowest BCUT2D eigenvalue weighted by Crippen LogP contribution is -2.54. The standard InChI is InChI=1S/C16H23N7O/c1-11(16(24)20-12-3-4-12)22-5-7-23(8-6-22)15-13-9-19-21(2)14(13)17-10-18-15/h9-12H,3-8H2,1-2H3,(H,20,24)/t11-/m1/s1. The van der Waals surface area contributed by atoms with Gasteiger partial charge < -0.3 is 10.2 Å². The molecule has 1 aliphatic carbocycles. The van der Waals surface area contributed by atoms with E-state index in [1.807, 2.05) is 20.2 Å². The van der Waals surface area contributed by atoms with Crippen LogP contribution in [0.25, 0.3) is 11.0 Å². The van der Waals surface area contributed by atoms with E-state index in [1.165, 1.54) is 0 Å². The molecule has 2 fully saturated rings. The van der Waals surface area contributed by atoms with Crippen LogP contribution in [0.3, 0.4) is 0 Å². The van der Waals surface area contributed by atoms with E-state index in [4.69, 9.17) is 0 Å². The van der Waals surface area contributed by atoms with Crippen molar-refractivity contribution in [2.24, 2.45) is 7.05 Å². The molecule has 1 aliphatic heterocycles. The number of aryl methyl sites for hydroxylation is 1. The van der Waals surface area contributed by atoms with Gasteiger partial charge in [-0.2, -0.15) is 5.10 Å². The van der Waals surface area contributed by atoms with Gasteiger partial charge in [0.05, 0.1) is 17.6 Å². The zero-order chi connectivity index (χ0) is 16.7. The lowest BCUT2D eigenvalue weighted by atomic mass is 10.2. The van der Waals surface area contributed by atoms with E-state index in [-0.39, 0.29) is 11.9 Å². The first-order chi connectivity index (χ1) is 11.6. The van der Waals surface area contributed by atoms with Gasteiger partial charge in [0.15, 0.2) is 5.65 Å². The highest BCUT2D eigenvalue weighted by Gasteiger charge is 2.30. The first-order valence-corrected chi connectivity index (χ1v) is 8.55. The summed E-state index contributed by atoms with van der Waals surface area (Å²) >= 11 is 0. The maximum absolute atomic E-state index is 12.2. The highest BCUT2D eigenvalue weighted by atomic mass is 16.2. The second-order valence-electron chi connectivity index (χ2n) is 6.68. The van der Waals surface area contributed by atoms with Crippen LogP contribution in [-0.2, 0) is 11.8 Å². The minimum atomic E-state index is -0.0726. The number of piperazine rings is 1. The Labute approximate surface area is 140 Å². The first-order valence-electron chi connectivity index (χ1n) is 8.55. The van der Waals surface area contributed by atoms with Gasteiger partial charge in [0.2, 0.25) is 5.91 Å². The Morgan fingerprint density at radius 2 is 2.00 bits per heavy atom. The summed E-state index contributed by atoms with van der Waals surface area (Å²) in [4.78, 5) is 25.5. The molecular formula is C16H23N7O. The molecule has 24 heavy (non-hydrogen) atoms. The average Bonchev–Trinajstić information content (AvgIpc) is 3.35. The van der Waals surface area contributed by atoms with Gasteiger partial charge in [-0.05, 0) is 19.8 Å². The Morgan fingerprint density at radius 3 is 2.71 bits per heavy atom. The summed E-state index contributed by atoms with van der Waals surface area (Å²) in [5, 5.41) is 8.35. The SMILES string of the molecule is C[C@H](C(=O)NC1CC1)N1CCN(c2ncnc3c2cnn3C)CC1. The fraction of sp³-hybridized carbons (Fsp3) is 0.625. The summed E-state index contributed by atoms with van der Waals surface area (Å²) in [5.41, 5.74) is 0.847. The van der Waals surface area contributed by atoms with Gasteiger partial charge in [-0.15, -0.1) is 0 Å². The van der Waals surface area contributed by atoms with Gasteiger partial charge in [-0.1, -0.05) is 0 Å². The Kier molecular flexibility index (Phi) is 3.84. The zero-order valence-electron chi connectivity index (χ0n) is 14.1. The Balaban J connectivity index is 1.42. The third kappa shape index (κ3) is 2.82. The maximum Gasteiger partial charge on any atom is 0.237 e. The van der Waals surface area contributed by atoms with Gasteiger partial charge in [0.25, 0.3) is 0 Å². The van der Waals surface area contributed by atoms with Crippen molar-refractivity contribution < 1.29 is 4.79 Å². The second-order valence-corrected chi connectivity index (χ2v) is 6.68. The molecule has 1 N–H and O–H groups in total. The zero-order valence-corrected chi connectivity index (χ0v) is 14.1. The van der Waals surface area contributed by atoms with Crippen LogP contribution < -0.4 is 10.2 Å². The number of carbonyl (C=O) groups excluding carboxylic acids is 1. The predicted molar refractivity (Wildman–Crippen MR) is 90.7 cm³/mol. The molecule has 2 aromatic heterocycles. The largest absolute Gasteiger partial charge is 0.353 e. The lowest BCUT2D eigenvalue weighted by Gasteiger charge is -2.38. The van der Waals surface area contributed by atoms with Gasteiger partial charge in [0, 0.05) is 39.3 Å². The van der Waals surface area contributed by atoms with Crippen LogP contribution >= 0.6 is 0 Å². The summed E-state index contributed by atoms with van der Waals surface area (Å²) in [7, 11) is 1.89. The number of fused-ring (bicyclic) bond motifs is 1. The summed E-state index contributed by atoms with van der Waals surface area (Å²) in [6.45, 7) is 5.40. The molecule has 0 aromatic carbocycles. The molecule has 128 valence electrons. The quantitative estimate of drug-likeness (QED) is 0.860. The van der Waals surface area contributed by atoms with E-state index in [9.17, 15) is 4.79 Å². The van der Waals surface area contributed by atoms with Crippen molar-refractivity contribution in [2.45, 2.75) is 31.8 Å². The number of rotatable bonds is 4. The van der Waals surface area contributed by atoms with Crippen molar-refractivity contribution in [3.05, 3.63) is 12.5 Å². The number of amides is 1. The molecule has 3 heterocycles. The van der Waals surface area contributed by atoms with Crippen molar-refractivity contribution in [2.75, 3.05) is 31.1 Å². The third-order valence-corrected chi connectivity index (χ3v) is 4.97. The number of carbonyl (C=O) groups is 1. The van der Waals surface area contributed by atoms with Crippen LogP contribution in [0.2, 0.25) is 0 Å². The molecule has 1 atom stereocenters. The fourth-order valence-electron chi connectivity index (χ4n) is 3.24. The molecule has 4 rings (SSSR count). The number of aromatic nitrogens is 4. The maximum atomic E-state index is 12.2. The number of nitrogens with zero attached hydrogens (tertiary/aromatic N) is 6. The van der Waals surface area contributed by atoms with Crippen molar-refractivity contribution in [3.63, 3.8) is 0 Å². The topological polar surface area (TPSA) is 79.2 Å². The first kappa shape index (κ1) is 15.3. The van der Waals surface area contributed by atoms with Crippen LogP contribution in [0, 0.1) is 0 Å². The highest BCUT2D eigenvalue weighted by Crippen LogP contribution is 2.24. The fourth-order valence-corrected chi connectivity index (χ4v) is 3.24. The van der Waals surface area contributed by atoms with Crippen molar-refractivity contribution in [1.29, 1.82) is 0 Å². The number of nitrogens with one attached hydrogen (secondary N) is 1. The molecule has 1 amide bonds. The average molecular weight is 329 g/mol. The van der Waals surface area contributed by atoms with Crippen molar-refractivity contribution in [3.8, 4) is 0 Å². The molecule has 0 radical (unpaired) electrons. The summed E-state index contributed by atoms with van der Waals surface area (Å²) < 4.78 is 1.76. The Morgan fingerprint density at radius 1 is 1.25 bits per heavy atom. The third-order valence-electron chi connectivity index (χ3n) is 4.97. The minimum absolute atomic E-state index is 0.0726. The van der Waals surface area contributed by atoms with Crippen molar-refractivity contribution >= 4 is 22.8 Å². The van der Waals surface area contributed by atoms with E-state index >= 15 is 0 Å². The van der Waals surface area contributed by atoms with Gasteiger partial charge >= 0.3 is 0 Å². The molecule has 1 saturated heterocycles. The minimum Gasteiger partial charge on any atom is -0.353 e.